The highest BCUT2D eigenvalue weighted by atomic mass is 16.3. The molecule has 2 nitrogen and oxygen atoms in total. The fourth-order valence-corrected chi connectivity index (χ4v) is 3.18. The summed E-state index contributed by atoms with van der Waals surface area (Å²) < 4.78 is 0. The molecule has 0 aromatic heterocycles. The lowest BCUT2D eigenvalue weighted by atomic mass is 9.61. The van der Waals surface area contributed by atoms with Crippen molar-refractivity contribution in [2.75, 3.05) is 6.61 Å². The average Bonchev–Trinajstić information content (AvgIpc) is 2.30. The molecule has 3 atom stereocenters. The van der Waals surface area contributed by atoms with E-state index >= 15 is 0 Å². The number of allylic oxidation sites excluding steroid dienone is 3. The van der Waals surface area contributed by atoms with E-state index in [1.54, 1.807) is 6.92 Å². The van der Waals surface area contributed by atoms with Crippen molar-refractivity contribution < 1.29 is 10.2 Å². The third-order valence-corrected chi connectivity index (χ3v) is 4.84. The molecule has 0 heterocycles. The summed E-state index contributed by atoms with van der Waals surface area (Å²) >= 11 is 0. The SMILES string of the molecule is C[C@H]1CCC=C2CCC(C(C)(O)CO)=C[C@@]21C. The van der Waals surface area contributed by atoms with Crippen LogP contribution in [0.4, 0.5) is 0 Å². The highest BCUT2D eigenvalue weighted by Crippen LogP contribution is 2.50. The van der Waals surface area contributed by atoms with Crippen LogP contribution >= 0.6 is 0 Å². The Balaban J connectivity index is 2.39. The molecule has 0 spiro atoms. The minimum absolute atomic E-state index is 0.0883. The maximum absolute atomic E-state index is 10.2. The van der Waals surface area contributed by atoms with E-state index < -0.39 is 5.60 Å². The van der Waals surface area contributed by atoms with Crippen molar-refractivity contribution in [2.45, 2.75) is 52.1 Å². The first-order valence-corrected chi connectivity index (χ1v) is 6.65. The molecule has 96 valence electrons. The molecule has 0 fully saturated rings. The van der Waals surface area contributed by atoms with Crippen molar-refractivity contribution in [3.05, 3.63) is 23.3 Å². The summed E-state index contributed by atoms with van der Waals surface area (Å²) in [7, 11) is 0. The number of aliphatic hydroxyl groups is 2. The number of rotatable bonds is 2. The van der Waals surface area contributed by atoms with E-state index in [1.807, 2.05) is 0 Å². The molecular formula is C15H24O2. The summed E-state index contributed by atoms with van der Waals surface area (Å²) in [4.78, 5) is 0. The van der Waals surface area contributed by atoms with E-state index in [0.29, 0.717) is 5.92 Å². The smallest absolute Gasteiger partial charge is 0.106 e. The van der Waals surface area contributed by atoms with Crippen LogP contribution in [0.1, 0.15) is 46.5 Å². The van der Waals surface area contributed by atoms with E-state index in [0.717, 1.165) is 18.4 Å². The second-order valence-electron chi connectivity index (χ2n) is 6.09. The van der Waals surface area contributed by atoms with Gasteiger partial charge in [-0.25, -0.2) is 0 Å². The summed E-state index contributed by atoms with van der Waals surface area (Å²) in [5.74, 6) is 0.618. The summed E-state index contributed by atoms with van der Waals surface area (Å²) in [5, 5.41) is 19.5. The molecule has 0 amide bonds. The standard InChI is InChI=1S/C15H24O2/c1-11-5-4-6-12-7-8-13(9-14(11,12)2)15(3,17)10-16/h6,9,11,16-17H,4-5,7-8,10H2,1-3H3/t11-,14+,15?/m0/s1. The molecule has 17 heavy (non-hydrogen) atoms. The van der Waals surface area contributed by atoms with Gasteiger partial charge in [0.25, 0.3) is 0 Å². The fraction of sp³-hybridized carbons (Fsp3) is 0.733. The zero-order valence-corrected chi connectivity index (χ0v) is 11.2. The normalized spacial score (nSPS) is 36.6. The lowest BCUT2D eigenvalue weighted by Crippen LogP contribution is -2.38. The van der Waals surface area contributed by atoms with Crippen molar-refractivity contribution in [3.63, 3.8) is 0 Å². The van der Waals surface area contributed by atoms with E-state index in [2.05, 4.69) is 26.0 Å². The van der Waals surface area contributed by atoms with Crippen LogP contribution in [0, 0.1) is 11.3 Å². The van der Waals surface area contributed by atoms with Crippen LogP contribution in [0.3, 0.4) is 0 Å². The molecule has 0 saturated heterocycles. The molecule has 2 rings (SSSR count). The van der Waals surface area contributed by atoms with Gasteiger partial charge in [-0.15, -0.1) is 0 Å². The molecule has 0 radical (unpaired) electrons. The van der Waals surface area contributed by atoms with Crippen molar-refractivity contribution in [2.24, 2.45) is 11.3 Å². The van der Waals surface area contributed by atoms with Crippen molar-refractivity contribution in [3.8, 4) is 0 Å². The third-order valence-electron chi connectivity index (χ3n) is 4.84. The zero-order valence-electron chi connectivity index (χ0n) is 11.2. The highest BCUT2D eigenvalue weighted by molar-refractivity contribution is 5.35. The molecule has 2 heteroatoms. The average molecular weight is 236 g/mol. The zero-order chi connectivity index (χ0) is 12.7. The molecule has 1 unspecified atom stereocenters. The van der Waals surface area contributed by atoms with Crippen LogP contribution in [0.5, 0.6) is 0 Å². The second kappa shape index (κ2) is 4.25. The van der Waals surface area contributed by atoms with E-state index in [1.165, 1.54) is 18.4 Å². The summed E-state index contributed by atoms with van der Waals surface area (Å²) in [6.45, 7) is 6.09. The maximum Gasteiger partial charge on any atom is 0.106 e. The van der Waals surface area contributed by atoms with Crippen LogP contribution in [0.15, 0.2) is 23.3 Å². The van der Waals surface area contributed by atoms with Crippen LogP contribution in [-0.2, 0) is 0 Å². The molecule has 0 aromatic rings. The summed E-state index contributed by atoms with van der Waals surface area (Å²) in [6, 6.07) is 0. The monoisotopic (exact) mass is 236 g/mol. The third kappa shape index (κ3) is 2.09. The van der Waals surface area contributed by atoms with Gasteiger partial charge in [0.15, 0.2) is 0 Å². The largest absolute Gasteiger partial charge is 0.393 e. The summed E-state index contributed by atoms with van der Waals surface area (Å²) in [5.41, 5.74) is 1.57. The Bertz CT molecular complexity index is 365. The lowest BCUT2D eigenvalue weighted by molar-refractivity contribution is 0.0277. The predicted molar refractivity (Wildman–Crippen MR) is 69.6 cm³/mol. The van der Waals surface area contributed by atoms with Crippen molar-refractivity contribution >= 4 is 0 Å². The minimum Gasteiger partial charge on any atom is -0.393 e. The van der Waals surface area contributed by atoms with Gasteiger partial charge in [-0.05, 0) is 44.1 Å². The molecule has 0 saturated carbocycles. The van der Waals surface area contributed by atoms with Crippen LogP contribution in [-0.4, -0.2) is 22.4 Å². The Hall–Kier alpha value is -0.600. The maximum atomic E-state index is 10.2. The first-order chi connectivity index (χ1) is 7.90. The topological polar surface area (TPSA) is 40.5 Å². The Morgan fingerprint density at radius 1 is 1.47 bits per heavy atom. The van der Waals surface area contributed by atoms with Gasteiger partial charge in [-0.3, -0.25) is 0 Å². The van der Waals surface area contributed by atoms with E-state index in [9.17, 15) is 10.2 Å². The lowest BCUT2D eigenvalue weighted by Gasteiger charge is -2.44. The van der Waals surface area contributed by atoms with Crippen LogP contribution in [0.2, 0.25) is 0 Å². The Morgan fingerprint density at radius 3 is 2.82 bits per heavy atom. The van der Waals surface area contributed by atoms with Gasteiger partial charge >= 0.3 is 0 Å². The number of aliphatic hydroxyl groups excluding tert-OH is 1. The van der Waals surface area contributed by atoms with Gasteiger partial charge in [-0.1, -0.05) is 31.6 Å². The Kier molecular flexibility index (Phi) is 3.21. The van der Waals surface area contributed by atoms with Crippen LogP contribution in [0.25, 0.3) is 0 Å². The molecule has 0 aromatic carbocycles. The van der Waals surface area contributed by atoms with Gasteiger partial charge in [0.2, 0.25) is 0 Å². The van der Waals surface area contributed by atoms with Crippen LogP contribution < -0.4 is 0 Å². The van der Waals surface area contributed by atoms with Gasteiger partial charge in [0.1, 0.15) is 5.60 Å². The van der Waals surface area contributed by atoms with Gasteiger partial charge in [0, 0.05) is 5.41 Å². The molecule has 2 aliphatic carbocycles. The highest BCUT2D eigenvalue weighted by Gasteiger charge is 2.40. The molecular weight excluding hydrogens is 212 g/mol. The van der Waals surface area contributed by atoms with Gasteiger partial charge < -0.3 is 10.2 Å². The first-order valence-electron chi connectivity index (χ1n) is 6.65. The van der Waals surface area contributed by atoms with E-state index in [4.69, 9.17) is 0 Å². The molecule has 0 bridgehead atoms. The molecule has 0 aliphatic heterocycles. The second-order valence-corrected chi connectivity index (χ2v) is 6.09. The predicted octanol–water partition coefficient (Wildman–Crippen LogP) is 2.81. The Morgan fingerprint density at radius 2 is 2.18 bits per heavy atom. The van der Waals surface area contributed by atoms with Crippen molar-refractivity contribution in [1.82, 2.24) is 0 Å². The summed E-state index contributed by atoms with van der Waals surface area (Å²) in [6.07, 6.45) is 8.91. The first kappa shape index (κ1) is 12.8. The fourth-order valence-electron chi connectivity index (χ4n) is 3.18. The molecule has 2 aliphatic rings. The van der Waals surface area contributed by atoms with E-state index in [-0.39, 0.29) is 12.0 Å². The van der Waals surface area contributed by atoms with Gasteiger partial charge in [0.05, 0.1) is 6.61 Å². The van der Waals surface area contributed by atoms with Crippen molar-refractivity contribution in [1.29, 1.82) is 0 Å². The quantitative estimate of drug-likeness (QED) is 0.724. The number of fused-ring (bicyclic) bond motifs is 1. The Labute approximate surface area is 104 Å². The molecule has 2 N–H and O–H groups in total. The minimum atomic E-state index is -1.05. The van der Waals surface area contributed by atoms with Gasteiger partial charge in [-0.2, -0.15) is 0 Å². The number of hydrogen-bond acceptors (Lipinski definition) is 2. The number of hydrogen-bond donors (Lipinski definition) is 2.